The average molecular weight is 210 g/mol. The summed E-state index contributed by atoms with van der Waals surface area (Å²) < 4.78 is 1.07. The predicted molar refractivity (Wildman–Crippen MR) is 48.3 cm³/mol. The second-order valence-electron chi connectivity index (χ2n) is 2.52. The van der Waals surface area contributed by atoms with Gasteiger partial charge in [0, 0.05) is 10.0 Å². The molecule has 2 rings (SSSR count). The lowest BCUT2D eigenvalue weighted by Gasteiger charge is -1.99. The predicted octanol–water partition coefficient (Wildman–Crippen LogP) is 2.34. The van der Waals surface area contributed by atoms with Gasteiger partial charge in [0.15, 0.2) is 0 Å². The Morgan fingerprint density at radius 1 is 1.36 bits per heavy atom. The third kappa shape index (κ3) is 1.05. The molecule has 0 saturated heterocycles. The highest BCUT2D eigenvalue weighted by Crippen LogP contribution is 2.28. The normalized spacial score (nSPS) is 12.9. The zero-order valence-electron chi connectivity index (χ0n) is 6.00. The van der Waals surface area contributed by atoms with Gasteiger partial charge in [0.2, 0.25) is 0 Å². The lowest BCUT2D eigenvalue weighted by Crippen LogP contribution is -1.85. The van der Waals surface area contributed by atoms with Gasteiger partial charge >= 0.3 is 0 Å². The Bertz CT molecular complexity index is 331. The molecule has 0 aliphatic carbocycles. The Labute approximate surface area is 73.4 Å². The van der Waals surface area contributed by atoms with E-state index in [2.05, 4.69) is 32.5 Å². The molecule has 0 N–H and O–H groups in total. The Morgan fingerprint density at radius 3 is 3.00 bits per heavy atom. The minimum atomic E-state index is 0.955. The summed E-state index contributed by atoms with van der Waals surface area (Å²) in [4.78, 5) is 0. The Morgan fingerprint density at radius 2 is 2.18 bits per heavy atom. The van der Waals surface area contributed by atoms with Crippen molar-refractivity contribution in [1.82, 2.24) is 5.43 Å². The molecule has 0 bridgehead atoms. The van der Waals surface area contributed by atoms with E-state index in [1.54, 1.807) is 6.21 Å². The van der Waals surface area contributed by atoms with Gasteiger partial charge in [0.1, 0.15) is 0 Å². The summed E-state index contributed by atoms with van der Waals surface area (Å²) >= 11 is 3.45. The van der Waals surface area contributed by atoms with Gasteiger partial charge in [-0.25, -0.2) is 0 Å². The lowest BCUT2D eigenvalue weighted by molar-refractivity contribution is 0.989. The van der Waals surface area contributed by atoms with E-state index in [1.807, 2.05) is 13.0 Å². The fourth-order valence-corrected chi connectivity index (χ4v) is 1.76. The largest absolute Gasteiger partial charge is 0.158 e. The third-order valence-corrected chi connectivity index (χ3v) is 2.26. The minimum Gasteiger partial charge on any atom is -0.158 e. The quantitative estimate of drug-likeness (QED) is 0.628. The number of rotatable bonds is 0. The standard InChI is InChI=1S/C8H6BrN2/c1-5-2-7(9)6-4-10-11-8(6)3-5/h2-4H,1H3. The molecule has 0 unspecified atom stereocenters. The van der Waals surface area contributed by atoms with Gasteiger partial charge in [-0.2, -0.15) is 10.5 Å². The zero-order valence-corrected chi connectivity index (χ0v) is 7.59. The second kappa shape index (κ2) is 2.34. The van der Waals surface area contributed by atoms with Gasteiger partial charge in [0.25, 0.3) is 0 Å². The summed E-state index contributed by atoms with van der Waals surface area (Å²) in [6.45, 7) is 2.04. The molecular formula is C8H6BrN2. The molecule has 1 radical (unpaired) electrons. The van der Waals surface area contributed by atoms with Crippen molar-refractivity contribution >= 4 is 27.8 Å². The SMILES string of the molecule is Cc1cc(Br)c2c(c1)[N]N=C2. The van der Waals surface area contributed by atoms with Crippen LogP contribution in [0.15, 0.2) is 21.7 Å². The maximum Gasteiger partial charge on any atom is 0.0959 e. The van der Waals surface area contributed by atoms with Crippen LogP contribution in [0.3, 0.4) is 0 Å². The van der Waals surface area contributed by atoms with E-state index in [0.717, 1.165) is 15.7 Å². The first kappa shape index (κ1) is 6.85. The molecule has 0 aromatic heterocycles. The number of fused-ring (bicyclic) bond motifs is 1. The van der Waals surface area contributed by atoms with Crippen molar-refractivity contribution in [3.05, 3.63) is 27.7 Å². The molecule has 0 atom stereocenters. The molecule has 0 fully saturated rings. The van der Waals surface area contributed by atoms with Crippen LogP contribution in [0, 0.1) is 6.92 Å². The number of hydrogen-bond acceptors (Lipinski definition) is 1. The Balaban J connectivity index is 2.67. The third-order valence-electron chi connectivity index (χ3n) is 1.60. The van der Waals surface area contributed by atoms with E-state index in [1.165, 1.54) is 5.56 Å². The van der Waals surface area contributed by atoms with E-state index in [9.17, 15) is 0 Å². The van der Waals surface area contributed by atoms with Crippen LogP contribution in [-0.2, 0) is 0 Å². The fourth-order valence-electron chi connectivity index (χ4n) is 1.09. The molecule has 55 valence electrons. The molecule has 0 amide bonds. The topological polar surface area (TPSA) is 26.5 Å². The van der Waals surface area contributed by atoms with Crippen LogP contribution in [-0.4, -0.2) is 6.21 Å². The van der Waals surface area contributed by atoms with Crippen LogP contribution in [0.25, 0.3) is 0 Å². The molecular weight excluding hydrogens is 204 g/mol. The smallest absolute Gasteiger partial charge is 0.0959 e. The Hall–Kier alpha value is -0.830. The summed E-state index contributed by atoms with van der Waals surface area (Å²) in [5.41, 5.74) is 7.19. The maximum atomic E-state index is 3.96. The molecule has 1 aromatic rings. The van der Waals surface area contributed by atoms with Gasteiger partial charge in [-0.15, -0.1) is 0 Å². The maximum absolute atomic E-state index is 3.96. The number of nitrogens with zero attached hydrogens (tertiary/aromatic N) is 2. The summed E-state index contributed by atoms with van der Waals surface area (Å²) in [5, 5.41) is 3.82. The van der Waals surface area contributed by atoms with Gasteiger partial charge in [-0.05, 0) is 24.6 Å². The number of halogens is 1. The van der Waals surface area contributed by atoms with Crippen LogP contribution in [0.4, 0.5) is 5.69 Å². The summed E-state index contributed by atoms with van der Waals surface area (Å²) in [7, 11) is 0. The number of benzene rings is 1. The van der Waals surface area contributed by atoms with E-state index < -0.39 is 0 Å². The zero-order chi connectivity index (χ0) is 7.84. The molecule has 1 aliphatic rings. The Kier molecular flexibility index (Phi) is 1.46. The van der Waals surface area contributed by atoms with Crippen LogP contribution in [0.1, 0.15) is 11.1 Å². The summed E-state index contributed by atoms with van der Waals surface area (Å²) in [5.74, 6) is 0. The van der Waals surface area contributed by atoms with Crippen molar-refractivity contribution in [2.45, 2.75) is 6.92 Å². The van der Waals surface area contributed by atoms with Gasteiger partial charge in [0.05, 0.1) is 11.9 Å². The average Bonchev–Trinajstić information content (AvgIpc) is 2.34. The highest BCUT2D eigenvalue weighted by atomic mass is 79.9. The van der Waals surface area contributed by atoms with Crippen molar-refractivity contribution in [1.29, 1.82) is 0 Å². The van der Waals surface area contributed by atoms with Crippen molar-refractivity contribution in [2.75, 3.05) is 0 Å². The van der Waals surface area contributed by atoms with Crippen molar-refractivity contribution < 1.29 is 0 Å². The molecule has 1 aliphatic heterocycles. The molecule has 11 heavy (non-hydrogen) atoms. The van der Waals surface area contributed by atoms with E-state index in [4.69, 9.17) is 0 Å². The fraction of sp³-hybridized carbons (Fsp3) is 0.125. The molecule has 0 saturated carbocycles. The van der Waals surface area contributed by atoms with Gasteiger partial charge < -0.3 is 0 Å². The molecule has 1 heterocycles. The van der Waals surface area contributed by atoms with Gasteiger partial charge in [-0.1, -0.05) is 15.9 Å². The first-order valence-electron chi connectivity index (χ1n) is 3.31. The molecule has 1 aromatic carbocycles. The molecule has 2 nitrogen and oxygen atoms in total. The minimum absolute atomic E-state index is 0.955. The van der Waals surface area contributed by atoms with E-state index in [0.29, 0.717) is 0 Å². The summed E-state index contributed by atoms with van der Waals surface area (Å²) in [6, 6.07) is 4.08. The van der Waals surface area contributed by atoms with Crippen molar-refractivity contribution in [3.63, 3.8) is 0 Å². The lowest BCUT2D eigenvalue weighted by atomic mass is 10.1. The molecule has 3 heteroatoms. The van der Waals surface area contributed by atoms with Crippen LogP contribution >= 0.6 is 15.9 Å². The second-order valence-corrected chi connectivity index (χ2v) is 3.38. The van der Waals surface area contributed by atoms with E-state index >= 15 is 0 Å². The van der Waals surface area contributed by atoms with Crippen LogP contribution in [0.5, 0.6) is 0 Å². The van der Waals surface area contributed by atoms with Gasteiger partial charge in [-0.3, -0.25) is 0 Å². The first-order valence-corrected chi connectivity index (χ1v) is 4.11. The summed E-state index contributed by atoms with van der Waals surface area (Å²) in [6.07, 6.45) is 1.76. The number of aryl methyl sites for hydroxylation is 1. The highest BCUT2D eigenvalue weighted by Gasteiger charge is 2.10. The first-order chi connectivity index (χ1) is 5.27. The van der Waals surface area contributed by atoms with Crippen molar-refractivity contribution in [2.24, 2.45) is 5.10 Å². The number of hydrogen-bond donors (Lipinski definition) is 0. The molecule has 0 spiro atoms. The monoisotopic (exact) mass is 209 g/mol. The van der Waals surface area contributed by atoms with Crippen molar-refractivity contribution in [3.8, 4) is 0 Å². The van der Waals surface area contributed by atoms with E-state index in [-0.39, 0.29) is 0 Å². The highest BCUT2D eigenvalue weighted by molar-refractivity contribution is 9.10. The van der Waals surface area contributed by atoms with Crippen LogP contribution in [0.2, 0.25) is 0 Å². The van der Waals surface area contributed by atoms with Crippen LogP contribution < -0.4 is 5.43 Å².